The lowest BCUT2D eigenvalue weighted by Crippen LogP contribution is -2.24. The molecule has 1 aromatic heterocycles. The van der Waals surface area contributed by atoms with E-state index in [1.807, 2.05) is 36.6 Å². The number of carbonyl (C=O) groups excluding carboxylic acids is 1. The number of carbonyl (C=O) groups is 1. The van der Waals surface area contributed by atoms with Crippen LogP contribution < -0.4 is 14.8 Å². The zero-order valence-corrected chi connectivity index (χ0v) is 17.8. The number of nitrogens with zero attached hydrogens (tertiary/aromatic N) is 1. The summed E-state index contributed by atoms with van der Waals surface area (Å²) in [5.74, 6) is 0.133. The second-order valence-corrected chi connectivity index (χ2v) is 7.74. The van der Waals surface area contributed by atoms with E-state index in [4.69, 9.17) is 9.47 Å². The SMILES string of the molecule is COc1ccc([C@@H](C)NC(=O)/C=C\c2cccc(OCc3csc(C)n3)c2)cc1F. The molecule has 0 aliphatic carbocycles. The van der Waals surface area contributed by atoms with Gasteiger partial charge in [0, 0.05) is 11.5 Å². The number of nitrogens with one attached hydrogen (secondary N) is 1. The van der Waals surface area contributed by atoms with Gasteiger partial charge in [0.15, 0.2) is 11.6 Å². The predicted octanol–water partition coefficient (Wildman–Crippen LogP) is 5.07. The maximum Gasteiger partial charge on any atom is 0.244 e. The maximum atomic E-state index is 13.9. The number of amides is 1. The molecule has 30 heavy (non-hydrogen) atoms. The highest BCUT2D eigenvalue weighted by molar-refractivity contribution is 7.09. The Hall–Kier alpha value is -3.19. The van der Waals surface area contributed by atoms with E-state index in [1.165, 1.54) is 19.3 Å². The maximum absolute atomic E-state index is 13.9. The molecule has 1 amide bonds. The Morgan fingerprint density at radius 3 is 2.83 bits per heavy atom. The fraction of sp³-hybridized carbons (Fsp3) is 0.217. The minimum absolute atomic E-state index is 0.171. The number of halogens is 1. The first-order chi connectivity index (χ1) is 14.4. The van der Waals surface area contributed by atoms with Crippen molar-refractivity contribution in [2.45, 2.75) is 26.5 Å². The molecule has 3 rings (SSSR count). The van der Waals surface area contributed by atoms with E-state index in [-0.39, 0.29) is 17.7 Å². The van der Waals surface area contributed by atoms with Crippen LogP contribution in [0.4, 0.5) is 4.39 Å². The van der Waals surface area contributed by atoms with Gasteiger partial charge < -0.3 is 14.8 Å². The van der Waals surface area contributed by atoms with Crippen LogP contribution >= 0.6 is 11.3 Å². The Bertz CT molecular complexity index is 1050. The second-order valence-electron chi connectivity index (χ2n) is 6.68. The Morgan fingerprint density at radius 1 is 1.30 bits per heavy atom. The van der Waals surface area contributed by atoms with E-state index in [9.17, 15) is 9.18 Å². The molecule has 0 saturated heterocycles. The molecule has 1 heterocycles. The number of aryl methyl sites for hydroxylation is 1. The van der Waals surface area contributed by atoms with Crippen LogP contribution in [-0.4, -0.2) is 18.0 Å². The number of hydrogen-bond acceptors (Lipinski definition) is 5. The van der Waals surface area contributed by atoms with Crippen molar-refractivity contribution in [2.24, 2.45) is 0 Å². The molecule has 0 radical (unpaired) electrons. The summed E-state index contributed by atoms with van der Waals surface area (Å²) < 4.78 is 24.5. The quantitative estimate of drug-likeness (QED) is 0.511. The third-order valence-corrected chi connectivity index (χ3v) is 5.20. The van der Waals surface area contributed by atoms with Crippen molar-refractivity contribution in [3.05, 3.63) is 81.6 Å². The van der Waals surface area contributed by atoms with Crippen LogP contribution in [0.1, 0.15) is 34.8 Å². The summed E-state index contributed by atoms with van der Waals surface area (Å²) in [7, 11) is 1.41. The summed E-state index contributed by atoms with van der Waals surface area (Å²) in [6.07, 6.45) is 3.15. The number of benzene rings is 2. The second kappa shape index (κ2) is 10.0. The Kier molecular flexibility index (Phi) is 7.19. The molecule has 0 bridgehead atoms. The van der Waals surface area contributed by atoms with Gasteiger partial charge >= 0.3 is 0 Å². The van der Waals surface area contributed by atoms with Gasteiger partial charge in [-0.25, -0.2) is 9.37 Å². The van der Waals surface area contributed by atoms with Crippen molar-refractivity contribution < 1.29 is 18.7 Å². The van der Waals surface area contributed by atoms with Gasteiger partial charge in [0.1, 0.15) is 12.4 Å². The number of thiazole rings is 1. The third-order valence-electron chi connectivity index (χ3n) is 4.37. The normalized spacial score (nSPS) is 12.0. The summed E-state index contributed by atoms with van der Waals surface area (Å²) in [5, 5.41) is 5.80. The van der Waals surface area contributed by atoms with Crippen LogP contribution in [0.3, 0.4) is 0 Å². The van der Waals surface area contributed by atoms with Crippen LogP contribution in [0.2, 0.25) is 0 Å². The average molecular weight is 427 g/mol. The van der Waals surface area contributed by atoms with Gasteiger partial charge in [-0.05, 0) is 55.3 Å². The number of ether oxygens (including phenoxy) is 2. The summed E-state index contributed by atoms with van der Waals surface area (Å²) in [5.41, 5.74) is 2.38. The summed E-state index contributed by atoms with van der Waals surface area (Å²) in [4.78, 5) is 16.6. The topological polar surface area (TPSA) is 60.5 Å². The Balaban J connectivity index is 1.57. The highest BCUT2D eigenvalue weighted by atomic mass is 32.1. The van der Waals surface area contributed by atoms with Gasteiger partial charge in [-0.15, -0.1) is 11.3 Å². The molecule has 0 fully saturated rings. The highest BCUT2D eigenvalue weighted by Crippen LogP contribution is 2.22. The number of methoxy groups -OCH3 is 1. The molecule has 1 N–H and O–H groups in total. The van der Waals surface area contributed by atoms with Crippen molar-refractivity contribution in [1.29, 1.82) is 0 Å². The predicted molar refractivity (Wildman–Crippen MR) is 116 cm³/mol. The van der Waals surface area contributed by atoms with Crippen molar-refractivity contribution in [1.82, 2.24) is 10.3 Å². The monoisotopic (exact) mass is 426 g/mol. The minimum Gasteiger partial charge on any atom is -0.494 e. The van der Waals surface area contributed by atoms with E-state index in [2.05, 4.69) is 10.3 Å². The zero-order chi connectivity index (χ0) is 21.5. The summed E-state index contributed by atoms with van der Waals surface area (Å²) in [6, 6.07) is 11.7. The molecule has 1 atom stereocenters. The molecular formula is C23H23FN2O3S. The first-order valence-electron chi connectivity index (χ1n) is 9.40. The average Bonchev–Trinajstić information content (AvgIpc) is 3.16. The van der Waals surface area contributed by atoms with Crippen molar-refractivity contribution in [3.8, 4) is 11.5 Å². The number of hydrogen-bond donors (Lipinski definition) is 1. The largest absolute Gasteiger partial charge is 0.494 e. The van der Waals surface area contributed by atoms with E-state index in [1.54, 1.807) is 36.5 Å². The fourth-order valence-corrected chi connectivity index (χ4v) is 3.41. The van der Waals surface area contributed by atoms with Crippen LogP contribution in [-0.2, 0) is 11.4 Å². The van der Waals surface area contributed by atoms with E-state index in [0.717, 1.165) is 16.3 Å². The first-order valence-corrected chi connectivity index (χ1v) is 10.3. The number of aromatic nitrogens is 1. The highest BCUT2D eigenvalue weighted by Gasteiger charge is 2.11. The molecule has 7 heteroatoms. The first kappa shape index (κ1) is 21.5. The molecule has 0 spiro atoms. The van der Waals surface area contributed by atoms with Gasteiger partial charge in [-0.1, -0.05) is 18.2 Å². The van der Waals surface area contributed by atoms with Gasteiger partial charge in [0.25, 0.3) is 0 Å². The third kappa shape index (κ3) is 5.90. The molecule has 0 aliphatic heterocycles. The molecule has 156 valence electrons. The lowest BCUT2D eigenvalue weighted by atomic mass is 10.1. The van der Waals surface area contributed by atoms with Crippen LogP contribution in [0.25, 0.3) is 6.08 Å². The summed E-state index contributed by atoms with van der Waals surface area (Å²) >= 11 is 1.59. The molecule has 3 aromatic rings. The molecule has 2 aromatic carbocycles. The molecular weight excluding hydrogens is 403 g/mol. The minimum atomic E-state index is -0.462. The van der Waals surface area contributed by atoms with E-state index < -0.39 is 5.82 Å². The lowest BCUT2D eigenvalue weighted by Gasteiger charge is -2.14. The summed E-state index contributed by atoms with van der Waals surface area (Å²) in [6.45, 7) is 4.15. The smallest absolute Gasteiger partial charge is 0.244 e. The molecule has 5 nitrogen and oxygen atoms in total. The zero-order valence-electron chi connectivity index (χ0n) is 17.0. The van der Waals surface area contributed by atoms with Gasteiger partial charge in [-0.3, -0.25) is 4.79 Å². The lowest BCUT2D eigenvalue weighted by molar-refractivity contribution is -0.117. The molecule has 0 aliphatic rings. The van der Waals surface area contributed by atoms with E-state index >= 15 is 0 Å². The van der Waals surface area contributed by atoms with Crippen LogP contribution in [0.15, 0.2) is 53.9 Å². The molecule has 0 saturated carbocycles. The Labute approximate surface area is 179 Å². The fourth-order valence-electron chi connectivity index (χ4n) is 2.81. The van der Waals surface area contributed by atoms with Gasteiger partial charge in [0.2, 0.25) is 5.91 Å². The van der Waals surface area contributed by atoms with Crippen LogP contribution in [0.5, 0.6) is 11.5 Å². The standard InChI is InChI=1S/C23H23FN2O3S/c1-15(18-8-9-22(28-3)21(24)12-18)25-23(27)10-7-17-5-4-6-20(11-17)29-13-19-14-30-16(2)26-19/h4-12,14-15H,13H2,1-3H3,(H,25,27)/b10-7-/t15-/m1/s1. The Morgan fingerprint density at radius 2 is 2.13 bits per heavy atom. The van der Waals surface area contributed by atoms with Gasteiger partial charge in [-0.2, -0.15) is 0 Å². The van der Waals surface area contributed by atoms with E-state index in [0.29, 0.717) is 17.9 Å². The molecule has 0 unspecified atom stereocenters. The van der Waals surface area contributed by atoms with Crippen molar-refractivity contribution in [2.75, 3.05) is 7.11 Å². The van der Waals surface area contributed by atoms with Crippen molar-refractivity contribution in [3.63, 3.8) is 0 Å². The number of rotatable bonds is 8. The van der Waals surface area contributed by atoms with Crippen LogP contribution in [0, 0.1) is 12.7 Å². The van der Waals surface area contributed by atoms with Crippen molar-refractivity contribution >= 4 is 23.3 Å². The van der Waals surface area contributed by atoms with Gasteiger partial charge in [0.05, 0.1) is 23.9 Å².